The molecule has 1 saturated heterocycles. The number of amides is 2. The third-order valence-electron chi connectivity index (χ3n) is 4.42. The summed E-state index contributed by atoms with van der Waals surface area (Å²) in [6.45, 7) is 4.33. The van der Waals surface area contributed by atoms with Gasteiger partial charge in [0.15, 0.2) is 0 Å². The number of halogens is 1. The molecular weight excluding hydrogens is 374 g/mol. The number of nitrogens with zero attached hydrogens (tertiary/aromatic N) is 1. The standard InChI is InChI=1S/C18H20ClN3O3S/c1-12-4-9-16(17(19)13(12)2)21-18(23)20-14-5-7-15(8-6-14)22-10-3-11-26(22,24)25/h4-9H,3,10-11H2,1-2H3,(H2,20,21,23). The summed E-state index contributed by atoms with van der Waals surface area (Å²) >= 11 is 6.26. The highest BCUT2D eigenvalue weighted by atomic mass is 35.5. The van der Waals surface area contributed by atoms with E-state index < -0.39 is 16.1 Å². The highest BCUT2D eigenvalue weighted by Crippen LogP contribution is 2.28. The number of carbonyl (C=O) groups is 1. The van der Waals surface area contributed by atoms with Crippen LogP contribution < -0.4 is 14.9 Å². The lowest BCUT2D eigenvalue weighted by molar-refractivity contribution is 0.262. The van der Waals surface area contributed by atoms with E-state index in [1.54, 1.807) is 30.3 Å². The molecule has 0 radical (unpaired) electrons. The van der Waals surface area contributed by atoms with Crippen LogP contribution in [-0.2, 0) is 10.0 Å². The molecule has 1 fully saturated rings. The maximum absolute atomic E-state index is 12.2. The second-order valence-corrected chi connectivity index (χ2v) is 8.63. The summed E-state index contributed by atoms with van der Waals surface area (Å²) in [7, 11) is -3.21. The van der Waals surface area contributed by atoms with Crippen LogP contribution in [0.1, 0.15) is 17.5 Å². The Morgan fingerprint density at radius 3 is 2.38 bits per heavy atom. The number of rotatable bonds is 3. The van der Waals surface area contributed by atoms with E-state index in [2.05, 4.69) is 10.6 Å². The van der Waals surface area contributed by atoms with Gasteiger partial charge in [0.25, 0.3) is 0 Å². The molecule has 2 aromatic carbocycles. The lowest BCUT2D eigenvalue weighted by atomic mass is 10.1. The number of aryl methyl sites for hydroxylation is 1. The SMILES string of the molecule is Cc1ccc(NC(=O)Nc2ccc(N3CCCS3(=O)=O)cc2)c(Cl)c1C. The maximum Gasteiger partial charge on any atom is 0.323 e. The van der Waals surface area contributed by atoms with Gasteiger partial charge in [-0.2, -0.15) is 0 Å². The second-order valence-electron chi connectivity index (χ2n) is 6.24. The van der Waals surface area contributed by atoms with Crippen LogP contribution in [0.3, 0.4) is 0 Å². The van der Waals surface area contributed by atoms with Crippen LogP contribution in [0.2, 0.25) is 5.02 Å². The van der Waals surface area contributed by atoms with Crippen molar-refractivity contribution in [3.05, 3.63) is 52.5 Å². The minimum Gasteiger partial charge on any atom is -0.308 e. The molecule has 26 heavy (non-hydrogen) atoms. The van der Waals surface area contributed by atoms with Gasteiger partial charge >= 0.3 is 6.03 Å². The Morgan fingerprint density at radius 2 is 1.77 bits per heavy atom. The third-order valence-corrected chi connectivity index (χ3v) is 6.77. The number of anilines is 3. The van der Waals surface area contributed by atoms with Gasteiger partial charge in [0.1, 0.15) is 0 Å². The smallest absolute Gasteiger partial charge is 0.308 e. The molecule has 1 heterocycles. The van der Waals surface area contributed by atoms with Crippen molar-refractivity contribution in [2.75, 3.05) is 27.2 Å². The first-order valence-electron chi connectivity index (χ1n) is 8.22. The van der Waals surface area contributed by atoms with E-state index >= 15 is 0 Å². The second kappa shape index (κ2) is 7.17. The van der Waals surface area contributed by atoms with Crippen LogP contribution in [0, 0.1) is 13.8 Å². The minimum atomic E-state index is -3.21. The lowest BCUT2D eigenvalue weighted by Gasteiger charge is -2.17. The molecule has 3 rings (SSSR count). The Hall–Kier alpha value is -2.25. The molecule has 0 unspecified atom stereocenters. The fourth-order valence-corrected chi connectivity index (χ4v) is 4.63. The summed E-state index contributed by atoms with van der Waals surface area (Å²) in [4.78, 5) is 12.2. The van der Waals surface area contributed by atoms with Crippen molar-refractivity contribution in [3.8, 4) is 0 Å². The maximum atomic E-state index is 12.2. The number of hydrogen-bond acceptors (Lipinski definition) is 3. The van der Waals surface area contributed by atoms with Crippen molar-refractivity contribution in [2.24, 2.45) is 0 Å². The number of benzene rings is 2. The van der Waals surface area contributed by atoms with Crippen molar-refractivity contribution in [3.63, 3.8) is 0 Å². The average molecular weight is 394 g/mol. The summed E-state index contributed by atoms with van der Waals surface area (Å²) in [5.41, 5.74) is 3.66. The summed E-state index contributed by atoms with van der Waals surface area (Å²) in [6.07, 6.45) is 0.626. The van der Waals surface area contributed by atoms with Gasteiger partial charge in [-0.25, -0.2) is 13.2 Å². The predicted octanol–water partition coefficient (Wildman–Crippen LogP) is 4.14. The van der Waals surface area contributed by atoms with Crippen molar-refractivity contribution < 1.29 is 13.2 Å². The molecule has 1 aliphatic heterocycles. The minimum absolute atomic E-state index is 0.173. The molecule has 0 aliphatic carbocycles. The molecule has 0 saturated carbocycles. The Balaban J connectivity index is 1.68. The zero-order valence-electron chi connectivity index (χ0n) is 14.5. The summed E-state index contributed by atoms with van der Waals surface area (Å²) < 4.78 is 25.3. The zero-order valence-corrected chi connectivity index (χ0v) is 16.1. The first kappa shape index (κ1) is 18.5. The van der Waals surface area contributed by atoms with Gasteiger partial charge in [0.2, 0.25) is 10.0 Å². The molecule has 6 nitrogen and oxygen atoms in total. The molecule has 138 valence electrons. The van der Waals surface area contributed by atoms with Crippen LogP contribution in [0.4, 0.5) is 21.9 Å². The molecule has 2 aromatic rings. The topological polar surface area (TPSA) is 78.5 Å². The van der Waals surface area contributed by atoms with E-state index in [1.165, 1.54) is 4.31 Å². The first-order chi connectivity index (χ1) is 12.3. The van der Waals surface area contributed by atoms with Gasteiger partial charge in [-0.15, -0.1) is 0 Å². The van der Waals surface area contributed by atoms with Crippen LogP contribution >= 0.6 is 11.6 Å². The van der Waals surface area contributed by atoms with Gasteiger partial charge in [0, 0.05) is 12.2 Å². The first-order valence-corrected chi connectivity index (χ1v) is 10.2. The van der Waals surface area contributed by atoms with Crippen LogP contribution in [0.25, 0.3) is 0 Å². The number of hydrogen-bond donors (Lipinski definition) is 2. The summed E-state index contributed by atoms with van der Waals surface area (Å²) in [5, 5.41) is 5.94. The average Bonchev–Trinajstić information content (AvgIpc) is 2.95. The van der Waals surface area contributed by atoms with E-state index in [0.717, 1.165) is 11.1 Å². The molecule has 8 heteroatoms. The number of urea groups is 1. The largest absolute Gasteiger partial charge is 0.323 e. The van der Waals surface area contributed by atoms with E-state index in [9.17, 15) is 13.2 Å². The highest BCUT2D eigenvalue weighted by molar-refractivity contribution is 7.93. The van der Waals surface area contributed by atoms with Gasteiger partial charge < -0.3 is 10.6 Å². The monoisotopic (exact) mass is 393 g/mol. The van der Waals surface area contributed by atoms with Gasteiger partial charge in [-0.1, -0.05) is 17.7 Å². The Bertz CT molecular complexity index is 943. The highest BCUT2D eigenvalue weighted by Gasteiger charge is 2.28. The molecule has 0 spiro atoms. The van der Waals surface area contributed by atoms with Crippen molar-refractivity contribution in [1.82, 2.24) is 0 Å². The summed E-state index contributed by atoms with van der Waals surface area (Å²) in [6, 6.07) is 9.93. The number of carbonyl (C=O) groups excluding carboxylic acids is 1. The van der Waals surface area contributed by atoms with Gasteiger partial charge in [-0.3, -0.25) is 4.31 Å². The molecule has 0 bridgehead atoms. The van der Waals surface area contributed by atoms with Gasteiger partial charge in [0.05, 0.1) is 22.2 Å². The van der Waals surface area contributed by atoms with Crippen LogP contribution in [0.5, 0.6) is 0 Å². The zero-order chi connectivity index (χ0) is 18.9. The molecule has 1 aliphatic rings. The molecule has 0 atom stereocenters. The van der Waals surface area contributed by atoms with E-state index in [-0.39, 0.29) is 5.75 Å². The van der Waals surface area contributed by atoms with Crippen LogP contribution in [-0.4, -0.2) is 26.7 Å². The fraction of sp³-hybridized carbons (Fsp3) is 0.278. The molecule has 2 amide bonds. The fourth-order valence-electron chi connectivity index (χ4n) is 2.80. The number of nitrogens with one attached hydrogen (secondary N) is 2. The van der Waals surface area contributed by atoms with E-state index in [4.69, 9.17) is 11.6 Å². The predicted molar refractivity (Wildman–Crippen MR) is 106 cm³/mol. The lowest BCUT2D eigenvalue weighted by Crippen LogP contribution is -2.25. The molecule has 2 N–H and O–H groups in total. The Kier molecular flexibility index (Phi) is 5.11. The Labute approximate surface area is 158 Å². The summed E-state index contributed by atoms with van der Waals surface area (Å²) in [5.74, 6) is 0.173. The number of sulfonamides is 1. The van der Waals surface area contributed by atoms with Crippen molar-refractivity contribution >= 4 is 44.7 Å². The van der Waals surface area contributed by atoms with E-state index in [1.807, 2.05) is 19.9 Å². The van der Waals surface area contributed by atoms with Crippen molar-refractivity contribution in [2.45, 2.75) is 20.3 Å². The quantitative estimate of drug-likeness (QED) is 0.822. The van der Waals surface area contributed by atoms with Gasteiger partial charge in [-0.05, 0) is 61.7 Å². The normalized spacial score (nSPS) is 15.7. The van der Waals surface area contributed by atoms with Crippen LogP contribution in [0.15, 0.2) is 36.4 Å². The molecular formula is C18H20ClN3O3S. The Morgan fingerprint density at radius 1 is 1.08 bits per heavy atom. The molecule has 0 aromatic heterocycles. The van der Waals surface area contributed by atoms with E-state index in [0.29, 0.717) is 35.1 Å². The van der Waals surface area contributed by atoms with Crippen molar-refractivity contribution in [1.29, 1.82) is 0 Å². The third kappa shape index (κ3) is 3.78.